The highest BCUT2D eigenvalue weighted by Gasteiger charge is 2.26. The van der Waals surface area contributed by atoms with E-state index in [1.54, 1.807) is 24.3 Å². The molecule has 3 aromatic rings. The van der Waals surface area contributed by atoms with Crippen molar-refractivity contribution in [1.29, 1.82) is 0 Å². The van der Waals surface area contributed by atoms with Crippen molar-refractivity contribution in [3.05, 3.63) is 59.3 Å². The predicted molar refractivity (Wildman–Crippen MR) is 107 cm³/mol. The molecule has 2 aromatic carbocycles. The minimum absolute atomic E-state index is 0.103. The zero-order chi connectivity index (χ0) is 19.0. The number of nitrogens with one attached hydrogen (secondary N) is 2. The SMILES string of the molecule is CCOc1ccc(S(=O)(=O)NC2CCc3[nH]c4ccc(C)cc4c3C2)cc1. The maximum Gasteiger partial charge on any atom is 0.240 e. The monoisotopic (exact) mass is 384 g/mol. The van der Waals surface area contributed by atoms with E-state index in [1.807, 2.05) is 6.92 Å². The van der Waals surface area contributed by atoms with Gasteiger partial charge < -0.3 is 9.72 Å². The van der Waals surface area contributed by atoms with Gasteiger partial charge in [-0.2, -0.15) is 0 Å². The Balaban J connectivity index is 1.55. The van der Waals surface area contributed by atoms with Crippen LogP contribution in [0.2, 0.25) is 0 Å². The average molecular weight is 385 g/mol. The Kier molecular flexibility index (Phi) is 4.70. The number of ether oxygens (including phenoxy) is 1. The van der Waals surface area contributed by atoms with Crippen molar-refractivity contribution < 1.29 is 13.2 Å². The molecule has 1 atom stereocenters. The molecule has 1 unspecified atom stereocenters. The summed E-state index contributed by atoms with van der Waals surface area (Å²) in [5, 5.41) is 1.20. The number of aromatic nitrogens is 1. The predicted octanol–water partition coefficient (Wildman–Crippen LogP) is 3.71. The van der Waals surface area contributed by atoms with E-state index in [1.165, 1.54) is 22.2 Å². The molecule has 0 bridgehead atoms. The molecular formula is C21H24N2O3S. The fourth-order valence-corrected chi connectivity index (χ4v) is 5.07. The summed E-state index contributed by atoms with van der Waals surface area (Å²) in [6.45, 7) is 4.53. The van der Waals surface area contributed by atoms with Gasteiger partial charge >= 0.3 is 0 Å². The largest absolute Gasteiger partial charge is 0.494 e. The number of aromatic amines is 1. The summed E-state index contributed by atoms with van der Waals surface area (Å²) >= 11 is 0. The van der Waals surface area contributed by atoms with Crippen LogP contribution in [0.3, 0.4) is 0 Å². The van der Waals surface area contributed by atoms with Crippen LogP contribution in [0.1, 0.15) is 30.2 Å². The molecule has 0 radical (unpaired) electrons. The van der Waals surface area contributed by atoms with Crippen molar-refractivity contribution in [3.8, 4) is 5.75 Å². The molecule has 0 spiro atoms. The Bertz CT molecular complexity index is 1070. The molecule has 1 aromatic heterocycles. The lowest BCUT2D eigenvalue weighted by Crippen LogP contribution is -2.38. The first-order chi connectivity index (χ1) is 13.0. The number of aryl methyl sites for hydroxylation is 2. The van der Waals surface area contributed by atoms with Gasteiger partial charge in [-0.15, -0.1) is 0 Å². The smallest absolute Gasteiger partial charge is 0.240 e. The Morgan fingerprint density at radius 2 is 1.96 bits per heavy atom. The summed E-state index contributed by atoms with van der Waals surface area (Å²) in [4.78, 5) is 3.76. The summed E-state index contributed by atoms with van der Waals surface area (Å²) in [6.07, 6.45) is 2.34. The Morgan fingerprint density at radius 3 is 2.70 bits per heavy atom. The molecule has 0 amide bonds. The van der Waals surface area contributed by atoms with Crippen molar-refractivity contribution in [1.82, 2.24) is 9.71 Å². The second-order valence-electron chi connectivity index (χ2n) is 7.10. The quantitative estimate of drug-likeness (QED) is 0.704. The molecule has 1 aliphatic carbocycles. The van der Waals surface area contributed by atoms with E-state index in [4.69, 9.17) is 4.74 Å². The third kappa shape index (κ3) is 3.59. The maximum atomic E-state index is 12.8. The van der Waals surface area contributed by atoms with Gasteiger partial charge in [-0.05, 0) is 75.1 Å². The molecule has 0 fully saturated rings. The third-order valence-corrected chi connectivity index (χ3v) is 6.65. The van der Waals surface area contributed by atoms with Gasteiger partial charge in [0, 0.05) is 22.6 Å². The molecular weight excluding hydrogens is 360 g/mol. The maximum absolute atomic E-state index is 12.8. The van der Waals surface area contributed by atoms with E-state index in [0.717, 1.165) is 18.4 Å². The highest BCUT2D eigenvalue weighted by molar-refractivity contribution is 7.89. The van der Waals surface area contributed by atoms with Gasteiger partial charge in [0.2, 0.25) is 10.0 Å². The van der Waals surface area contributed by atoms with Crippen LogP contribution in [0.25, 0.3) is 10.9 Å². The lowest BCUT2D eigenvalue weighted by atomic mass is 9.92. The zero-order valence-electron chi connectivity index (χ0n) is 15.6. The van der Waals surface area contributed by atoms with Gasteiger partial charge in [0.25, 0.3) is 0 Å². The van der Waals surface area contributed by atoms with E-state index in [0.29, 0.717) is 18.8 Å². The van der Waals surface area contributed by atoms with Crippen LogP contribution in [-0.4, -0.2) is 26.1 Å². The average Bonchev–Trinajstić information content (AvgIpc) is 2.99. The van der Waals surface area contributed by atoms with Crippen LogP contribution < -0.4 is 9.46 Å². The Hall–Kier alpha value is -2.31. The lowest BCUT2D eigenvalue weighted by Gasteiger charge is -2.23. The molecule has 4 rings (SSSR count). The number of hydrogen-bond acceptors (Lipinski definition) is 3. The fraction of sp³-hybridized carbons (Fsp3) is 0.333. The lowest BCUT2D eigenvalue weighted by molar-refractivity contribution is 0.340. The second-order valence-corrected chi connectivity index (χ2v) is 8.81. The number of fused-ring (bicyclic) bond motifs is 3. The number of benzene rings is 2. The summed E-state index contributed by atoms with van der Waals surface area (Å²) in [7, 11) is -3.55. The fourth-order valence-electron chi connectivity index (χ4n) is 3.80. The first kappa shape index (κ1) is 18.1. The number of rotatable bonds is 5. The van der Waals surface area contributed by atoms with Crippen molar-refractivity contribution in [2.24, 2.45) is 0 Å². The third-order valence-electron chi connectivity index (χ3n) is 5.11. The molecule has 2 N–H and O–H groups in total. The van der Waals surface area contributed by atoms with E-state index in [2.05, 4.69) is 34.8 Å². The number of sulfonamides is 1. The van der Waals surface area contributed by atoms with Crippen molar-refractivity contribution in [2.75, 3.05) is 6.61 Å². The molecule has 6 heteroatoms. The molecule has 142 valence electrons. The van der Waals surface area contributed by atoms with Crippen LogP contribution in [0.15, 0.2) is 47.4 Å². The topological polar surface area (TPSA) is 71.2 Å². The standard InChI is InChI=1S/C21H24N2O3S/c1-3-26-16-6-8-17(9-7-16)27(24,25)23-15-5-11-21-19(13-15)18-12-14(2)4-10-20(18)22-21/h4,6-10,12,15,22-23H,3,5,11,13H2,1-2H3. The highest BCUT2D eigenvalue weighted by Crippen LogP contribution is 2.30. The number of hydrogen-bond donors (Lipinski definition) is 2. The van der Waals surface area contributed by atoms with Gasteiger partial charge in [0.05, 0.1) is 11.5 Å². The summed E-state index contributed by atoms with van der Waals surface area (Å²) < 4.78 is 33.8. The Morgan fingerprint density at radius 1 is 1.19 bits per heavy atom. The van der Waals surface area contributed by atoms with Crippen molar-refractivity contribution >= 4 is 20.9 Å². The van der Waals surface area contributed by atoms with E-state index < -0.39 is 10.0 Å². The van der Waals surface area contributed by atoms with Crippen LogP contribution >= 0.6 is 0 Å². The molecule has 27 heavy (non-hydrogen) atoms. The first-order valence-corrected chi connectivity index (χ1v) is 10.8. The summed E-state index contributed by atoms with van der Waals surface area (Å²) in [5.41, 5.74) is 4.80. The van der Waals surface area contributed by atoms with Crippen molar-refractivity contribution in [3.63, 3.8) is 0 Å². The van der Waals surface area contributed by atoms with Gasteiger partial charge in [-0.3, -0.25) is 0 Å². The van der Waals surface area contributed by atoms with E-state index >= 15 is 0 Å². The van der Waals surface area contributed by atoms with Crippen LogP contribution in [0, 0.1) is 6.92 Å². The highest BCUT2D eigenvalue weighted by atomic mass is 32.2. The summed E-state index contributed by atoms with van der Waals surface area (Å²) in [6, 6.07) is 12.8. The van der Waals surface area contributed by atoms with E-state index in [9.17, 15) is 8.42 Å². The molecule has 0 saturated heterocycles. The zero-order valence-corrected chi connectivity index (χ0v) is 16.4. The molecule has 1 heterocycles. The first-order valence-electron chi connectivity index (χ1n) is 9.31. The number of H-pyrrole nitrogens is 1. The minimum atomic E-state index is -3.55. The van der Waals surface area contributed by atoms with Crippen LogP contribution in [0.5, 0.6) is 5.75 Å². The van der Waals surface area contributed by atoms with E-state index in [-0.39, 0.29) is 10.9 Å². The minimum Gasteiger partial charge on any atom is -0.494 e. The van der Waals surface area contributed by atoms with Crippen molar-refractivity contribution in [2.45, 2.75) is 44.0 Å². The Labute approximate surface area is 159 Å². The van der Waals surface area contributed by atoms with Crippen LogP contribution in [0.4, 0.5) is 0 Å². The molecule has 0 aliphatic heterocycles. The van der Waals surface area contributed by atoms with Crippen LogP contribution in [-0.2, 0) is 22.9 Å². The molecule has 5 nitrogen and oxygen atoms in total. The normalized spacial score (nSPS) is 17.0. The second kappa shape index (κ2) is 7.02. The van der Waals surface area contributed by atoms with Gasteiger partial charge in [0.1, 0.15) is 5.75 Å². The van der Waals surface area contributed by atoms with Gasteiger partial charge in [-0.25, -0.2) is 13.1 Å². The molecule has 0 saturated carbocycles. The van der Waals surface area contributed by atoms with Gasteiger partial charge in [0.15, 0.2) is 0 Å². The summed E-state index contributed by atoms with van der Waals surface area (Å²) in [5.74, 6) is 0.674. The van der Waals surface area contributed by atoms with Gasteiger partial charge in [-0.1, -0.05) is 11.6 Å². The molecule has 1 aliphatic rings.